The summed E-state index contributed by atoms with van der Waals surface area (Å²) in [7, 11) is 0. The van der Waals surface area contributed by atoms with Crippen molar-refractivity contribution < 1.29 is 9.53 Å². The molecule has 0 aromatic heterocycles. The number of ether oxygens (including phenoxy) is 1. The Morgan fingerprint density at radius 2 is 2.06 bits per heavy atom. The van der Waals surface area contributed by atoms with Crippen LogP contribution in [-0.2, 0) is 4.79 Å². The highest BCUT2D eigenvalue weighted by atomic mass is 35.5. The van der Waals surface area contributed by atoms with E-state index in [-0.39, 0.29) is 5.91 Å². The van der Waals surface area contributed by atoms with Crippen molar-refractivity contribution in [1.29, 1.82) is 0 Å². The van der Waals surface area contributed by atoms with Gasteiger partial charge in [0, 0.05) is 24.6 Å². The van der Waals surface area contributed by atoms with Crippen molar-refractivity contribution in [3.8, 4) is 5.75 Å². The van der Waals surface area contributed by atoms with Crippen LogP contribution >= 0.6 is 11.6 Å². The molecule has 0 aliphatic rings. The fraction of sp³-hybridized carbons (Fsp3) is 0.500. The van der Waals surface area contributed by atoms with Crippen molar-refractivity contribution in [3.63, 3.8) is 0 Å². The van der Waals surface area contributed by atoms with E-state index in [1.54, 1.807) is 0 Å². The number of amides is 1. The molecule has 0 saturated carbocycles. The summed E-state index contributed by atoms with van der Waals surface area (Å²) in [5.74, 6) is 1.45. The van der Waals surface area contributed by atoms with Crippen molar-refractivity contribution >= 4 is 23.2 Å². The number of unbranched alkanes of at least 4 members (excludes halogenated alkanes) is 3. The topological polar surface area (TPSA) is 38.3 Å². The standard InChI is InChI=1S/C14H20ClNO2/c1-12(17)16-13-7-6-8-14(11-13)18-10-5-3-2-4-9-15/h6-8,11H,2-5,9-10H2,1H3,(H,16,17). The number of nitrogens with one attached hydrogen (secondary N) is 1. The molecule has 0 atom stereocenters. The fourth-order valence-electron chi connectivity index (χ4n) is 1.61. The monoisotopic (exact) mass is 269 g/mol. The van der Waals surface area contributed by atoms with E-state index in [2.05, 4.69) is 5.32 Å². The third kappa shape index (κ3) is 6.50. The number of benzene rings is 1. The molecule has 100 valence electrons. The first-order valence-corrected chi connectivity index (χ1v) is 6.82. The molecule has 1 N–H and O–H groups in total. The summed E-state index contributed by atoms with van der Waals surface area (Å²) >= 11 is 5.60. The largest absolute Gasteiger partial charge is 0.494 e. The lowest BCUT2D eigenvalue weighted by Crippen LogP contribution is -2.06. The summed E-state index contributed by atoms with van der Waals surface area (Å²) in [6, 6.07) is 7.44. The Hall–Kier alpha value is -1.22. The predicted molar refractivity (Wildman–Crippen MR) is 75.4 cm³/mol. The average molecular weight is 270 g/mol. The molecule has 0 bridgehead atoms. The molecule has 0 spiro atoms. The van der Waals surface area contributed by atoms with Crippen LogP contribution in [0.3, 0.4) is 0 Å². The van der Waals surface area contributed by atoms with Crippen LogP contribution in [0, 0.1) is 0 Å². The maximum Gasteiger partial charge on any atom is 0.221 e. The molecule has 0 aliphatic carbocycles. The molecule has 18 heavy (non-hydrogen) atoms. The van der Waals surface area contributed by atoms with E-state index in [0.717, 1.165) is 43.0 Å². The summed E-state index contributed by atoms with van der Waals surface area (Å²) in [5, 5.41) is 2.73. The fourth-order valence-corrected chi connectivity index (χ4v) is 1.80. The number of anilines is 1. The minimum Gasteiger partial charge on any atom is -0.494 e. The van der Waals surface area contributed by atoms with Crippen molar-refractivity contribution in [2.24, 2.45) is 0 Å². The molecule has 3 nitrogen and oxygen atoms in total. The molecule has 0 saturated heterocycles. The van der Waals surface area contributed by atoms with E-state index in [1.165, 1.54) is 6.92 Å². The van der Waals surface area contributed by atoms with Gasteiger partial charge in [-0.15, -0.1) is 11.6 Å². The number of halogens is 1. The summed E-state index contributed by atoms with van der Waals surface area (Å²) < 4.78 is 5.62. The normalized spacial score (nSPS) is 10.1. The second-order valence-corrected chi connectivity index (χ2v) is 4.54. The van der Waals surface area contributed by atoms with Crippen LogP contribution in [0.15, 0.2) is 24.3 Å². The van der Waals surface area contributed by atoms with E-state index in [0.29, 0.717) is 6.61 Å². The Kier molecular flexibility index (Phi) is 7.26. The molecule has 0 aliphatic heterocycles. The molecule has 4 heteroatoms. The predicted octanol–water partition coefficient (Wildman–Crippen LogP) is 3.82. The van der Waals surface area contributed by atoms with Crippen molar-refractivity contribution in [2.45, 2.75) is 32.6 Å². The van der Waals surface area contributed by atoms with Gasteiger partial charge in [0.1, 0.15) is 5.75 Å². The van der Waals surface area contributed by atoms with Crippen molar-refractivity contribution in [2.75, 3.05) is 17.8 Å². The highest BCUT2D eigenvalue weighted by molar-refractivity contribution is 6.17. The lowest BCUT2D eigenvalue weighted by Gasteiger charge is -2.08. The minimum absolute atomic E-state index is 0.0757. The van der Waals surface area contributed by atoms with E-state index in [9.17, 15) is 4.79 Å². The molecular formula is C14H20ClNO2. The molecule has 1 rings (SSSR count). The number of rotatable bonds is 8. The molecule has 1 amide bonds. The maximum absolute atomic E-state index is 10.9. The molecule has 0 unspecified atom stereocenters. The Morgan fingerprint density at radius 3 is 2.78 bits per heavy atom. The summed E-state index contributed by atoms with van der Waals surface area (Å²) in [6.07, 6.45) is 4.39. The zero-order valence-corrected chi connectivity index (χ0v) is 11.5. The van der Waals surface area contributed by atoms with Gasteiger partial charge in [-0.1, -0.05) is 18.9 Å². The SMILES string of the molecule is CC(=O)Nc1cccc(OCCCCCCCl)c1. The molecule has 1 aromatic carbocycles. The quantitative estimate of drug-likeness (QED) is 0.575. The number of carbonyl (C=O) groups excluding carboxylic acids is 1. The molecular weight excluding hydrogens is 250 g/mol. The zero-order valence-electron chi connectivity index (χ0n) is 10.7. The molecule has 1 aromatic rings. The minimum atomic E-state index is -0.0757. The van der Waals surface area contributed by atoms with E-state index in [4.69, 9.17) is 16.3 Å². The van der Waals surface area contributed by atoms with Gasteiger partial charge in [0.15, 0.2) is 0 Å². The molecule has 0 heterocycles. The zero-order chi connectivity index (χ0) is 13.2. The van der Waals surface area contributed by atoms with Crippen LogP contribution in [0.4, 0.5) is 5.69 Å². The number of hydrogen-bond donors (Lipinski definition) is 1. The van der Waals surface area contributed by atoms with Gasteiger partial charge in [-0.05, 0) is 25.0 Å². The van der Waals surface area contributed by atoms with Gasteiger partial charge in [-0.25, -0.2) is 0 Å². The van der Waals surface area contributed by atoms with Gasteiger partial charge in [0.2, 0.25) is 5.91 Å². The Morgan fingerprint density at radius 1 is 1.28 bits per heavy atom. The van der Waals surface area contributed by atoms with Crippen LogP contribution in [-0.4, -0.2) is 18.4 Å². The smallest absolute Gasteiger partial charge is 0.221 e. The van der Waals surface area contributed by atoms with Gasteiger partial charge < -0.3 is 10.1 Å². The van der Waals surface area contributed by atoms with Gasteiger partial charge in [-0.3, -0.25) is 4.79 Å². The van der Waals surface area contributed by atoms with E-state index < -0.39 is 0 Å². The van der Waals surface area contributed by atoms with Gasteiger partial charge in [-0.2, -0.15) is 0 Å². The number of alkyl halides is 1. The van der Waals surface area contributed by atoms with Crippen LogP contribution in [0.25, 0.3) is 0 Å². The van der Waals surface area contributed by atoms with E-state index >= 15 is 0 Å². The lowest BCUT2D eigenvalue weighted by atomic mass is 10.2. The highest BCUT2D eigenvalue weighted by Crippen LogP contribution is 2.17. The molecule has 0 radical (unpaired) electrons. The Balaban J connectivity index is 2.27. The van der Waals surface area contributed by atoms with E-state index in [1.807, 2.05) is 24.3 Å². The van der Waals surface area contributed by atoms with Crippen molar-refractivity contribution in [3.05, 3.63) is 24.3 Å². The summed E-state index contributed by atoms with van der Waals surface area (Å²) in [5.41, 5.74) is 0.766. The van der Waals surface area contributed by atoms with Crippen LogP contribution in [0.2, 0.25) is 0 Å². The summed E-state index contributed by atoms with van der Waals surface area (Å²) in [4.78, 5) is 10.9. The Labute approximate surface area is 113 Å². The van der Waals surface area contributed by atoms with Gasteiger partial charge in [0.25, 0.3) is 0 Å². The summed E-state index contributed by atoms with van der Waals surface area (Å²) in [6.45, 7) is 2.19. The second-order valence-electron chi connectivity index (χ2n) is 4.16. The Bertz CT molecular complexity index is 369. The van der Waals surface area contributed by atoms with Crippen LogP contribution < -0.4 is 10.1 Å². The first kappa shape index (κ1) is 14.8. The van der Waals surface area contributed by atoms with Crippen LogP contribution in [0.5, 0.6) is 5.75 Å². The van der Waals surface area contributed by atoms with Crippen LogP contribution in [0.1, 0.15) is 32.6 Å². The maximum atomic E-state index is 10.9. The van der Waals surface area contributed by atoms with Gasteiger partial charge in [0.05, 0.1) is 6.61 Å². The second kappa shape index (κ2) is 8.81. The lowest BCUT2D eigenvalue weighted by molar-refractivity contribution is -0.114. The van der Waals surface area contributed by atoms with Crippen molar-refractivity contribution in [1.82, 2.24) is 0 Å². The average Bonchev–Trinajstić information content (AvgIpc) is 2.33. The number of carbonyl (C=O) groups is 1. The van der Waals surface area contributed by atoms with Gasteiger partial charge >= 0.3 is 0 Å². The third-order valence-electron chi connectivity index (χ3n) is 2.45. The first-order valence-electron chi connectivity index (χ1n) is 6.29. The third-order valence-corrected chi connectivity index (χ3v) is 2.72. The first-order chi connectivity index (χ1) is 8.72. The number of hydrogen-bond acceptors (Lipinski definition) is 2. The molecule has 0 fully saturated rings. The highest BCUT2D eigenvalue weighted by Gasteiger charge is 1.98.